The van der Waals surface area contributed by atoms with E-state index in [-0.39, 0.29) is 0 Å². The van der Waals surface area contributed by atoms with Crippen molar-refractivity contribution >= 4 is 0 Å². The van der Waals surface area contributed by atoms with Gasteiger partial charge >= 0.3 is 0 Å². The average molecular weight is 254 g/mol. The molecule has 0 aromatic rings. The SMILES string of the molecule is CC.CCC1(CCN)CC(CC2CCNCC2)C1. The van der Waals surface area contributed by atoms with Gasteiger partial charge in [-0.2, -0.15) is 0 Å². The van der Waals surface area contributed by atoms with Crippen molar-refractivity contribution in [1.82, 2.24) is 5.32 Å². The van der Waals surface area contributed by atoms with Gasteiger partial charge in [-0.05, 0) is 75.4 Å². The van der Waals surface area contributed by atoms with Gasteiger partial charge in [0.05, 0.1) is 0 Å². The van der Waals surface area contributed by atoms with E-state index in [1.165, 1.54) is 58.0 Å². The molecule has 0 aromatic heterocycles. The molecule has 0 aromatic carbocycles. The van der Waals surface area contributed by atoms with E-state index in [2.05, 4.69) is 12.2 Å². The zero-order valence-corrected chi connectivity index (χ0v) is 12.8. The quantitative estimate of drug-likeness (QED) is 0.787. The normalized spacial score (nSPS) is 32.3. The molecule has 1 saturated carbocycles. The molecule has 18 heavy (non-hydrogen) atoms. The summed E-state index contributed by atoms with van der Waals surface area (Å²) in [6.45, 7) is 9.72. The minimum Gasteiger partial charge on any atom is -0.330 e. The van der Waals surface area contributed by atoms with Crippen LogP contribution in [0.25, 0.3) is 0 Å². The summed E-state index contributed by atoms with van der Waals surface area (Å²) in [5, 5.41) is 3.46. The van der Waals surface area contributed by atoms with Gasteiger partial charge in [-0.1, -0.05) is 27.2 Å². The molecule has 1 aliphatic carbocycles. The first-order valence-corrected chi connectivity index (χ1v) is 8.19. The topological polar surface area (TPSA) is 38.0 Å². The third kappa shape index (κ3) is 4.24. The Morgan fingerprint density at radius 1 is 1.11 bits per heavy atom. The van der Waals surface area contributed by atoms with Crippen LogP contribution in [-0.2, 0) is 0 Å². The Hall–Kier alpha value is -0.0800. The molecule has 1 heterocycles. The summed E-state index contributed by atoms with van der Waals surface area (Å²) >= 11 is 0. The minimum absolute atomic E-state index is 0.645. The van der Waals surface area contributed by atoms with Crippen LogP contribution in [0.15, 0.2) is 0 Å². The second kappa shape index (κ2) is 8.16. The Balaban J connectivity index is 0.000000771. The molecule has 1 aliphatic heterocycles. The van der Waals surface area contributed by atoms with Crippen molar-refractivity contribution in [2.24, 2.45) is 23.0 Å². The van der Waals surface area contributed by atoms with E-state index in [1.807, 2.05) is 13.8 Å². The lowest BCUT2D eigenvalue weighted by Crippen LogP contribution is -2.40. The van der Waals surface area contributed by atoms with Gasteiger partial charge in [0.15, 0.2) is 0 Å². The number of rotatable bonds is 5. The maximum Gasteiger partial charge on any atom is -0.00463 e. The van der Waals surface area contributed by atoms with E-state index in [0.717, 1.165) is 18.4 Å². The first-order chi connectivity index (χ1) is 8.78. The average Bonchev–Trinajstić information content (AvgIpc) is 2.39. The van der Waals surface area contributed by atoms with Gasteiger partial charge in [0.25, 0.3) is 0 Å². The van der Waals surface area contributed by atoms with Crippen LogP contribution in [0.3, 0.4) is 0 Å². The molecule has 2 rings (SSSR count). The van der Waals surface area contributed by atoms with Crippen LogP contribution < -0.4 is 11.1 Å². The Labute approximate surface area is 114 Å². The highest BCUT2D eigenvalue weighted by atomic mass is 14.9. The first-order valence-electron chi connectivity index (χ1n) is 8.19. The van der Waals surface area contributed by atoms with E-state index in [1.54, 1.807) is 0 Å². The predicted octanol–water partition coefficient (Wildman–Crippen LogP) is 3.56. The molecular weight excluding hydrogens is 220 g/mol. The zero-order valence-electron chi connectivity index (χ0n) is 12.8. The van der Waals surface area contributed by atoms with Crippen molar-refractivity contribution in [3.63, 3.8) is 0 Å². The monoisotopic (exact) mass is 254 g/mol. The van der Waals surface area contributed by atoms with Crippen molar-refractivity contribution in [2.45, 2.75) is 65.7 Å². The molecule has 0 amide bonds. The molecule has 0 bridgehead atoms. The molecule has 2 fully saturated rings. The molecule has 0 radical (unpaired) electrons. The standard InChI is InChI=1S/C14H28N2.C2H6/c1-2-14(5-6-15)10-13(11-14)9-12-3-7-16-8-4-12;1-2/h12-13,16H,2-11,15H2,1H3;1-2H3. The maximum absolute atomic E-state index is 5.72. The van der Waals surface area contributed by atoms with Crippen LogP contribution in [0.5, 0.6) is 0 Å². The summed E-state index contributed by atoms with van der Waals surface area (Å²) in [7, 11) is 0. The van der Waals surface area contributed by atoms with E-state index >= 15 is 0 Å². The molecule has 0 atom stereocenters. The second-order valence-electron chi connectivity index (χ2n) is 6.10. The molecule has 2 nitrogen and oxygen atoms in total. The third-order valence-electron chi connectivity index (χ3n) is 4.99. The molecule has 2 heteroatoms. The first kappa shape index (κ1) is 16.0. The Morgan fingerprint density at radius 3 is 2.22 bits per heavy atom. The van der Waals surface area contributed by atoms with E-state index in [4.69, 9.17) is 5.73 Å². The minimum atomic E-state index is 0.645. The molecule has 3 N–H and O–H groups in total. The maximum atomic E-state index is 5.72. The summed E-state index contributed by atoms with van der Waals surface area (Å²) < 4.78 is 0. The zero-order chi connectivity index (χ0) is 13.4. The van der Waals surface area contributed by atoms with Crippen LogP contribution in [0.1, 0.15) is 65.7 Å². The number of nitrogens with one attached hydrogen (secondary N) is 1. The highest BCUT2D eigenvalue weighted by Crippen LogP contribution is 2.52. The smallest absolute Gasteiger partial charge is 0.00463 e. The number of nitrogens with two attached hydrogens (primary N) is 1. The summed E-state index contributed by atoms with van der Waals surface area (Å²) in [6, 6.07) is 0. The van der Waals surface area contributed by atoms with Gasteiger partial charge in [0.1, 0.15) is 0 Å². The van der Waals surface area contributed by atoms with E-state index in [0.29, 0.717) is 5.41 Å². The fourth-order valence-corrected chi connectivity index (χ4v) is 3.90. The summed E-state index contributed by atoms with van der Waals surface area (Å²) in [4.78, 5) is 0. The van der Waals surface area contributed by atoms with Crippen LogP contribution >= 0.6 is 0 Å². The van der Waals surface area contributed by atoms with Gasteiger partial charge in [-0.25, -0.2) is 0 Å². The van der Waals surface area contributed by atoms with Crippen LogP contribution in [-0.4, -0.2) is 19.6 Å². The summed E-state index contributed by atoms with van der Waals surface area (Å²) in [5.74, 6) is 2.04. The van der Waals surface area contributed by atoms with E-state index < -0.39 is 0 Å². The van der Waals surface area contributed by atoms with E-state index in [9.17, 15) is 0 Å². The van der Waals surface area contributed by atoms with Crippen molar-refractivity contribution in [1.29, 1.82) is 0 Å². The van der Waals surface area contributed by atoms with Gasteiger partial charge in [-0.3, -0.25) is 0 Å². The highest BCUT2D eigenvalue weighted by Gasteiger charge is 2.42. The predicted molar refractivity (Wildman–Crippen MR) is 80.7 cm³/mol. The van der Waals surface area contributed by atoms with Crippen molar-refractivity contribution in [2.75, 3.05) is 19.6 Å². The molecular formula is C16H34N2. The number of piperidine rings is 1. The van der Waals surface area contributed by atoms with Crippen molar-refractivity contribution < 1.29 is 0 Å². The van der Waals surface area contributed by atoms with Crippen molar-refractivity contribution in [3.8, 4) is 0 Å². The van der Waals surface area contributed by atoms with Gasteiger partial charge in [-0.15, -0.1) is 0 Å². The molecule has 1 saturated heterocycles. The number of hydrogen-bond acceptors (Lipinski definition) is 2. The Bertz CT molecular complexity index is 200. The second-order valence-corrected chi connectivity index (χ2v) is 6.10. The Morgan fingerprint density at radius 2 is 1.72 bits per heavy atom. The lowest BCUT2D eigenvalue weighted by molar-refractivity contribution is 0.0252. The van der Waals surface area contributed by atoms with Crippen molar-refractivity contribution in [3.05, 3.63) is 0 Å². The molecule has 0 spiro atoms. The molecule has 0 unspecified atom stereocenters. The Kier molecular flexibility index (Phi) is 7.25. The lowest BCUT2D eigenvalue weighted by Gasteiger charge is -2.49. The number of hydrogen-bond donors (Lipinski definition) is 2. The molecule has 2 aliphatic rings. The fraction of sp³-hybridized carbons (Fsp3) is 1.00. The van der Waals surface area contributed by atoms with Gasteiger partial charge in [0.2, 0.25) is 0 Å². The van der Waals surface area contributed by atoms with Crippen LogP contribution in [0, 0.1) is 17.3 Å². The third-order valence-corrected chi connectivity index (χ3v) is 4.99. The lowest BCUT2D eigenvalue weighted by atomic mass is 9.57. The fourth-order valence-electron chi connectivity index (χ4n) is 3.90. The van der Waals surface area contributed by atoms with Crippen LogP contribution in [0.2, 0.25) is 0 Å². The largest absolute Gasteiger partial charge is 0.330 e. The van der Waals surface area contributed by atoms with Crippen LogP contribution in [0.4, 0.5) is 0 Å². The summed E-state index contributed by atoms with van der Waals surface area (Å²) in [6.07, 6.45) is 9.83. The van der Waals surface area contributed by atoms with Gasteiger partial charge < -0.3 is 11.1 Å². The highest BCUT2D eigenvalue weighted by molar-refractivity contribution is 4.93. The molecule has 108 valence electrons. The summed E-state index contributed by atoms with van der Waals surface area (Å²) in [5.41, 5.74) is 6.37. The van der Waals surface area contributed by atoms with Gasteiger partial charge in [0, 0.05) is 0 Å².